The highest BCUT2D eigenvalue weighted by Crippen LogP contribution is 2.27. The zero-order valence-electron chi connectivity index (χ0n) is 10.00. The molecule has 0 bridgehead atoms. The highest BCUT2D eigenvalue weighted by molar-refractivity contribution is 5.23. The molecule has 1 heterocycles. The fourth-order valence-electron chi connectivity index (χ4n) is 2.40. The number of nitrogens with two attached hydrogens (primary N) is 1. The maximum Gasteiger partial charge on any atom is 0.130 e. The molecule has 1 atom stereocenters. The number of likely N-dealkylation sites (tertiary alicyclic amines) is 1. The van der Waals surface area contributed by atoms with Crippen molar-refractivity contribution < 1.29 is 8.78 Å². The Kier molecular flexibility index (Phi) is 3.74. The number of nitrogens with zero attached hydrogens (tertiary/aromatic N) is 1. The number of hydrogen-bond donors (Lipinski definition) is 1. The van der Waals surface area contributed by atoms with E-state index in [1.54, 1.807) is 0 Å². The van der Waals surface area contributed by atoms with Gasteiger partial charge in [0.15, 0.2) is 0 Å². The second-order valence-corrected chi connectivity index (χ2v) is 4.68. The van der Waals surface area contributed by atoms with E-state index in [2.05, 4.69) is 4.90 Å². The van der Waals surface area contributed by atoms with E-state index in [0.29, 0.717) is 0 Å². The molecule has 4 heteroatoms. The summed E-state index contributed by atoms with van der Waals surface area (Å²) in [5.41, 5.74) is 5.99. The first kappa shape index (κ1) is 12.5. The Hall–Kier alpha value is -1.00. The van der Waals surface area contributed by atoms with Crippen LogP contribution in [-0.2, 0) is 0 Å². The van der Waals surface area contributed by atoms with Crippen molar-refractivity contribution in [3.63, 3.8) is 0 Å². The molecule has 0 amide bonds. The Morgan fingerprint density at radius 3 is 2.29 bits per heavy atom. The van der Waals surface area contributed by atoms with Gasteiger partial charge in [0, 0.05) is 30.7 Å². The first-order valence-corrected chi connectivity index (χ1v) is 6.03. The van der Waals surface area contributed by atoms with Crippen LogP contribution in [0.25, 0.3) is 0 Å². The lowest BCUT2D eigenvalue weighted by Gasteiger charge is -2.35. The van der Waals surface area contributed by atoms with Crippen molar-refractivity contribution in [3.05, 3.63) is 35.4 Å². The molecule has 1 aliphatic heterocycles. The van der Waals surface area contributed by atoms with Gasteiger partial charge in [-0.25, -0.2) is 8.78 Å². The highest BCUT2D eigenvalue weighted by Gasteiger charge is 2.25. The van der Waals surface area contributed by atoms with Crippen molar-refractivity contribution in [1.29, 1.82) is 0 Å². The molecule has 17 heavy (non-hydrogen) atoms. The molecule has 2 N–H and O–H groups in total. The number of rotatable bonds is 2. The Bertz CT molecular complexity index is 367. The largest absolute Gasteiger partial charge is 0.328 e. The summed E-state index contributed by atoms with van der Waals surface area (Å²) in [6.07, 6.45) is 1.78. The van der Waals surface area contributed by atoms with Crippen molar-refractivity contribution in [2.45, 2.75) is 31.8 Å². The van der Waals surface area contributed by atoms with E-state index in [0.717, 1.165) is 25.9 Å². The van der Waals surface area contributed by atoms with Crippen molar-refractivity contribution in [1.82, 2.24) is 4.90 Å². The summed E-state index contributed by atoms with van der Waals surface area (Å²) in [4.78, 5) is 2.09. The van der Waals surface area contributed by atoms with E-state index < -0.39 is 11.6 Å². The van der Waals surface area contributed by atoms with Crippen LogP contribution in [0.15, 0.2) is 18.2 Å². The van der Waals surface area contributed by atoms with Crippen LogP contribution < -0.4 is 5.73 Å². The van der Waals surface area contributed by atoms with Gasteiger partial charge in [-0.05, 0) is 31.9 Å². The van der Waals surface area contributed by atoms with Gasteiger partial charge in [0.2, 0.25) is 0 Å². The highest BCUT2D eigenvalue weighted by atomic mass is 19.1. The van der Waals surface area contributed by atoms with Crippen LogP contribution in [-0.4, -0.2) is 24.0 Å². The van der Waals surface area contributed by atoms with Crippen LogP contribution in [0.3, 0.4) is 0 Å². The SMILES string of the molecule is CC(c1c(F)cccc1F)N1CCC(N)CC1. The van der Waals surface area contributed by atoms with E-state index in [1.165, 1.54) is 18.2 Å². The lowest BCUT2D eigenvalue weighted by Crippen LogP contribution is -2.41. The van der Waals surface area contributed by atoms with Crippen LogP contribution in [0.1, 0.15) is 31.4 Å². The standard InChI is InChI=1S/C13H18F2N2/c1-9(17-7-5-10(16)6-8-17)13-11(14)3-2-4-12(13)15/h2-4,9-10H,5-8,16H2,1H3. The third kappa shape index (κ3) is 2.64. The van der Waals surface area contributed by atoms with Gasteiger partial charge in [0.05, 0.1) is 0 Å². The first-order valence-electron chi connectivity index (χ1n) is 6.03. The number of benzene rings is 1. The maximum atomic E-state index is 13.6. The van der Waals surface area contributed by atoms with Crippen LogP contribution in [0.2, 0.25) is 0 Å². The third-order valence-electron chi connectivity index (χ3n) is 3.54. The maximum absolute atomic E-state index is 13.6. The minimum absolute atomic E-state index is 0.169. The van der Waals surface area contributed by atoms with Gasteiger partial charge in [-0.1, -0.05) is 6.07 Å². The monoisotopic (exact) mass is 240 g/mol. The minimum atomic E-state index is -0.465. The Morgan fingerprint density at radius 1 is 1.24 bits per heavy atom. The summed E-state index contributed by atoms with van der Waals surface area (Å²) < 4.78 is 27.3. The molecule has 1 fully saturated rings. The zero-order chi connectivity index (χ0) is 12.4. The molecule has 0 radical (unpaired) electrons. The van der Waals surface area contributed by atoms with Gasteiger partial charge in [0.25, 0.3) is 0 Å². The van der Waals surface area contributed by atoms with Crippen LogP contribution in [0.5, 0.6) is 0 Å². The second-order valence-electron chi connectivity index (χ2n) is 4.68. The van der Waals surface area contributed by atoms with Gasteiger partial charge in [-0.3, -0.25) is 4.90 Å². The normalized spacial score (nSPS) is 20.5. The molecule has 1 saturated heterocycles. The second kappa shape index (κ2) is 5.10. The van der Waals surface area contributed by atoms with E-state index in [1.807, 2.05) is 6.92 Å². The zero-order valence-corrected chi connectivity index (χ0v) is 10.00. The molecule has 2 rings (SSSR count). The predicted octanol–water partition coefficient (Wildman–Crippen LogP) is 2.45. The smallest absolute Gasteiger partial charge is 0.130 e. The summed E-state index contributed by atoms with van der Waals surface area (Å²) in [5.74, 6) is -0.931. The third-order valence-corrected chi connectivity index (χ3v) is 3.54. The molecule has 0 spiro atoms. The quantitative estimate of drug-likeness (QED) is 0.860. The van der Waals surface area contributed by atoms with Gasteiger partial charge in [-0.2, -0.15) is 0 Å². The van der Waals surface area contributed by atoms with Gasteiger partial charge < -0.3 is 5.73 Å². The first-order chi connectivity index (χ1) is 8.09. The number of piperidine rings is 1. The van der Waals surface area contributed by atoms with Crippen molar-refractivity contribution in [2.75, 3.05) is 13.1 Å². The van der Waals surface area contributed by atoms with Crippen LogP contribution in [0, 0.1) is 11.6 Å². The van der Waals surface area contributed by atoms with Gasteiger partial charge in [-0.15, -0.1) is 0 Å². The lowest BCUT2D eigenvalue weighted by atomic mass is 10.00. The Balaban J connectivity index is 2.16. The molecule has 0 saturated carbocycles. The molecule has 1 aromatic carbocycles. The topological polar surface area (TPSA) is 29.3 Å². The Morgan fingerprint density at radius 2 is 1.76 bits per heavy atom. The molecular weight excluding hydrogens is 222 g/mol. The van der Waals surface area contributed by atoms with Crippen LogP contribution in [0.4, 0.5) is 8.78 Å². The molecule has 0 aromatic heterocycles. The Labute approximate surface area is 100 Å². The molecular formula is C13H18F2N2. The van der Waals surface area contributed by atoms with E-state index in [9.17, 15) is 8.78 Å². The average molecular weight is 240 g/mol. The fraction of sp³-hybridized carbons (Fsp3) is 0.538. The summed E-state index contributed by atoms with van der Waals surface area (Å²) in [5, 5.41) is 0. The van der Waals surface area contributed by atoms with Gasteiger partial charge >= 0.3 is 0 Å². The van der Waals surface area contributed by atoms with E-state index >= 15 is 0 Å². The number of hydrogen-bond acceptors (Lipinski definition) is 2. The fourth-order valence-corrected chi connectivity index (χ4v) is 2.40. The van der Waals surface area contributed by atoms with E-state index in [-0.39, 0.29) is 17.6 Å². The summed E-state index contributed by atoms with van der Waals surface area (Å²) in [6.45, 7) is 3.45. The summed E-state index contributed by atoms with van der Waals surface area (Å²) in [7, 11) is 0. The molecule has 1 aromatic rings. The molecule has 2 nitrogen and oxygen atoms in total. The summed E-state index contributed by atoms with van der Waals surface area (Å²) >= 11 is 0. The predicted molar refractivity (Wildman–Crippen MR) is 63.6 cm³/mol. The molecule has 1 unspecified atom stereocenters. The molecule has 1 aliphatic rings. The minimum Gasteiger partial charge on any atom is -0.328 e. The number of halogens is 2. The average Bonchev–Trinajstić information content (AvgIpc) is 2.29. The van der Waals surface area contributed by atoms with Crippen molar-refractivity contribution in [3.8, 4) is 0 Å². The van der Waals surface area contributed by atoms with Crippen molar-refractivity contribution in [2.24, 2.45) is 5.73 Å². The summed E-state index contributed by atoms with van der Waals surface area (Å²) in [6, 6.07) is 4.01. The lowest BCUT2D eigenvalue weighted by molar-refractivity contribution is 0.158. The van der Waals surface area contributed by atoms with Crippen LogP contribution >= 0.6 is 0 Å². The molecule has 94 valence electrons. The van der Waals surface area contributed by atoms with Gasteiger partial charge in [0.1, 0.15) is 11.6 Å². The van der Waals surface area contributed by atoms with E-state index in [4.69, 9.17) is 5.73 Å². The van der Waals surface area contributed by atoms with Crippen molar-refractivity contribution >= 4 is 0 Å². The molecule has 0 aliphatic carbocycles.